The molecule has 2 N–H and O–H groups in total. The summed E-state index contributed by atoms with van der Waals surface area (Å²) in [5.41, 5.74) is 3.42. The Kier molecular flexibility index (Phi) is 8.33. The van der Waals surface area contributed by atoms with E-state index in [1.165, 1.54) is 0 Å². The van der Waals surface area contributed by atoms with Crippen LogP contribution in [-0.2, 0) is 17.6 Å². The quantitative estimate of drug-likeness (QED) is 0.601. The van der Waals surface area contributed by atoms with Gasteiger partial charge in [-0.2, -0.15) is 0 Å². The summed E-state index contributed by atoms with van der Waals surface area (Å²) in [4.78, 5) is 24.5. The van der Waals surface area contributed by atoms with Gasteiger partial charge in [0.1, 0.15) is 5.75 Å². The fourth-order valence-electron chi connectivity index (χ4n) is 2.96. The zero-order valence-electron chi connectivity index (χ0n) is 16.6. The summed E-state index contributed by atoms with van der Waals surface area (Å²) in [5.74, 6) is 0.455. The molecule has 2 aromatic carbocycles. The molecule has 0 aliphatic rings. The number of anilines is 1. The van der Waals surface area contributed by atoms with Gasteiger partial charge in [0, 0.05) is 29.2 Å². The van der Waals surface area contributed by atoms with Crippen LogP contribution >= 0.6 is 11.6 Å². The van der Waals surface area contributed by atoms with E-state index in [9.17, 15) is 9.59 Å². The number of aryl methyl sites for hydroxylation is 1. The fourth-order valence-corrected chi connectivity index (χ4v) is 3.26. The molecule has 2 amide bonds. The SMILES string of the molecule is CCc1ccc(Cl)c(CC)c1NC(=O)CCCNC(=O)c1ccc(OC)cc1. The number of halogens is 1. The zero-order valence-corrected chi connectivity index (χ0v) is 17.4. The number of nitrogens with one attached hydrogen (secondary N) is 2. The molecule has 0 heterocycles. The lowest BCUT2D eigenvalue weighted by Crippen LogP contribution is -2.25. The van der Waals surface area contributed by atoms with Crippen molar-refractivity contribution < 1.29 is 14.3 Å². The maximum Gasteiger partial charge on any atom is 0.251 e. The predicted octanol–water partition coefficient (Wildman–Crippen LogP) is 4.62. The van der Waals surface area contributed by atoms with Gasteiger partial charge in [0.2, 0.25) is 5.91 Å². The minimum atomic E-state index is -0.167. The first kappa shape index (κ1) is 21.8. The van der Waals surface area contributed by atoms with E-state index in [0.29, 0.717) is 35.7 Å². The van der Waals surface area contributed by atoms with Crippen LogP contribution in [0.25, 0.3) is 0 Å². The molecule has 0 saturated carbocycles. The van der Waals surface area contributed by atoms with Crippen molar-refractivity contribution in [1.29, 1.82) is 0 Å². The molecule has 0 aliphatic heterocycles. The Labute approximate surface area is 171 Å². The summed E-state index contributed by atoms with van der Waals surface area (Å²) >= 11 is 6.27. The number of benzene rings is 2. The van der Waals surface area contributed by atoms with Gasteiger partial charge in [-0.25, -0.2) is 0 Å². The van der Waals surface area contributed by atoms with E-state index < -0.39 is 0 Å². The Balaban J connectivity index is 1.84. The highest BCUT2D eigenvalue weighted by molar-refractivity contribution is 6.32. The zero-order chi connectivity index (χ0) is 20.5. The number of carbonyl (C=O) groups excluding carboxylic acids is 2. The lowest BCUT2D eigenvalue weighted by molar-refractivity contribution is -0.116. The minimum Gasteiger partial charge on any atom is -0.497 e. The van der Waals surface area contributed by atoms with Gasteiger partial charge >= 0.3 is 0 Å². The van der Waals surface area contributed by atoms with Gasteiger partial charge < -0.3 is 15.4 Å². The average Bonchev–Trinajstić information content (AvgIpc) is 2.71. The highest BCUT2D eigenvalue weighted by Crippen LogP contribution is 2.29. The predicted molar refractivity (Wildman–Crippen MR) is 113 cm³/mol. The van der Waals surface area contributed by atoms with Crippen LogP contribution in [0.4, 0.5) is 5.69 Å². The van der Waals surface area contributed by atoms with Gasteiger partial charge in [-0.1, -0.05) is 31.5 Å². The lowest BCUT2D eigenvalue weighted by Gasteiger charge is -2.16. The van der Waals surface area contributed by atoms with Gasteiger partial charge in [-0.15, -0.1) is 0 Å². The molecule has 0 aliphatic carbocycles. The molecule has 150 valence electrons. The van der Waals surface area contributed by atoms with Crippen molar-refractivity contribution in [3.05, 3.63) is 58.1 Å². The first-order chi connectivity index (χ1) is 13.5. The first-order valence-corrected chi connectivity index (χ1v) is 9.90. The third-order valence-electron chi connectivity index (χ3n) is 4.56. The monoisotopic (exact) mass is 402 g/mol. The minimum absolute atomic E-state index is 0.0784. The highest BCUT2D eigenvalue weighted by atomic mass is 35.5. The number of carbonyl (C=O) groups is 2. The molecule has 0 bridgehead atoms. The molecular weight excluding hydrogens is 376 g/mol. The second kappa shape index (κ2) is 10.7. The Morgan fingerprint density at radius 3 is 2.36 bits per heavy atom. The van der Waals surface area contributed by atoms with Crippen LogP contribution in [0, 0.1) is 0 Å². The normalized spacial score (nSPS) is 10.4. The Morgan fingerprint density at radius 2 is 1.75 bits per heavy atom. The average molecular weight is 403 g/mol. The topological polar surface area (TPSA) is 67.4 Å². The van der Waals surface area contributed by atoms with Crippen LogP contribution < -0.4 is 15.4 Å². The molecule has 28 heavy (non-hydrogen) atoms. The van der Waals surface area contributed by atoms with Gasteiger partial charge in [0.15, 0.2) is 0 Å². The third kappa shape index (κ3) is 5.73. The number of methoxy groups -OCH3 is 1. The summed E-state index contributed by atoms with van der Waals surface area (Å²) < 4.78 is 5.08. The highest BCUT2D eigenvalue weighted by Gasteiger charge is 2.13. The molecule has 0 aromatic heterocycles. The van der Waals surface area contributed by atoms with Crippen LogP contribution in [0.5, 0.6) is 5.75 Å². The van der Waals surface area contributed by atoms with E-state index in [0.717, 1.165) is 29.7 Å². The number of ether oxygens (including phenoxy) is 1. The standard InChI is InChI=1S/C22H27ClN2O3/c1-4-15-10-13-19(23)18(5-2)21(15)25-20(26)7-6-14-24-22(27)16-8-11-17(28-3)12-9-16/h8-13H,4-7,14H2,1-3H3,(H,24,27)(H,25,26). The molecular formula is C22H27ClN2O3. The van der Waals surface area contributed by atoms with E-state index in [-0.39, 0.29) is 11.8 Å². The van der Waals surface area contributed by atoms with E-state index in [2.05, 4.69) is 10.6 Å². The number of rotatable bonds is 9. The van der Waals surface area contributed by atoms with E-state index in [1.807, 2.05) is 26.0 Å². The molecule has 0 atom stereocenters. The van der Waals surface area contributed by atoms with Crippen molar-refractivity contribution >= 4 is 29.1 Å². The summed E-state index contributed by atoms with van der Waals surface area (Å²) in [7, 11) is 1.58. The number of hydrogen-bond acceptors (Lipinski definition) is 3. The second-order valence-electron chi connectivity index (χ2n) is 6.40. The molecule has 2 aromatic rings. The van der Waals surface area contributed by atoms with Crippen molar-refractivity contribution in [3.63, 3.8) is 0 Å². The largest absolute Gasteiger partial charge is 0.497 e. The van der Waals surface area contributed by atoms with Crippen molar-refractivity contribution in [1.82, 2.24) is 5.32 Å². The van der Waals surface area contributed by atoms with Crippen LogP contribution in [0.1, 0.15) is 48.2 Å². The summed E-state index contributed by atoms with van der Waals surface area (Å²) in [6.45, 7) is 4.49. The number of amides is 2. The van der Waals surface area contributed by atoms with E-state index >= 15 is 0 Å². The van der Waals surface area contributed by atoms with Gasteiger partial charge in [0.05, 0.1) is 7.11 Å². The smallest absolute Gasteiger partial charge is 0.251 e. The lowest BCUT2D eigenvalue weighted by atomic mass is 10.0. The fraction of sp³-hybridized carbons (Fsp3) is 0.364. The van der Waals surface area contributed by atoms with E-state index in [1.54, 1.807) is 31.4 Å². The molecule has 2 rings (SSSR count). The molecule has 5 nitrogen and oxygen atoms in total. The summed E-state index contributed by atoms with van der Waals surface area (Å²) in [6.07, 6.45) is 2.44. The molecule has 0 saturated heterocycles. The van der Waals surface area contributed by atoms with Crippen molar-refractivity contribution in [3.8, 4) is 5.75 Å². The van der Waals surface area contributed by atoms with E-state index in [4.69, 9.17) is 16.3 Å². The summed E-state index contributed by atoms with van der Waals surface area (Å²) in [6, 6.07) is 10.7. The first-order valence-electron chi connectivity index (χ1n) is 9.52. The molecule has 0 spiro atoms. The van der Waals surface area contributed by atoms with Crippen molar-refractivity contribution in [2.45, 2.75) is 39.5 Å². The Bertz CT molecular complexity index is 819. The summed E-state index contributed by atoms with van der Waals surface area (Å²) in [5, 5.41) is 6.50. The van der Waals surface area contributed by atoms with Crippen molar-refractivity contribution in [2.24, 2.45) is 0 Å². The van der Waals surface area contributed by atoms with Crippen LogP contribution in [0.3, 0.4) is 0 Å². The van der Waals surface area contributed by atoms with Crippen molar-refractivity contribution in [2.75, 3.05) is 19.0 Å². The molecule has 0 unspecified atom stereocenters. The third-order valence-corrected chi connectivity index (χ3v) is 4.91. The Hall–Kier alpha value is -2.53. The molecule has 0 fully saturated rings. The Morgan fingerprint density at radius 1 is 1.04 bits per heavy atom. The second-order valence-corrected chi connectivity index (χ2v) is 6.81. The maximum absolute atomic E-state index is 12.4. The molecule has 0 radical (unpaired) electrons. The van der Waals surface area contributed by atoms with Crippen LogP contribution in [0.2, 0.25) is 5.02 Å². The van der Waals surface area contributed by atoms with Crippen LogP contribution in [0.15, 0.2) is 36.4 Å². The van der Waals surface area contributed by atoms with Crippen LogP contribution in [-0.4, -0.2) is 25.5 Å². The number of hydrogen-bond donors (Lipinski definition) is 2. The van der Waals surface area contributed by atoms with Gasteiger partial charge in [-0.3, -0.25) is 9.59 Å². The van der Waals surface area contributed by atoms with Gasteiger partial charge in [-0.05, 0) is 60.7 Å². The van der Waals surface area contributed by atoms with Gasteiger partial charge in [0.25, 0.3) is 5.91 Å². The molecule has 6 heteroatoms. The maximum atomic E-state index is 12.4.